The molecule has 0 radical (unpaired) electrons. The lowest BCUT2D eigenvalue weighted by molar-refractivity contribution is 0.660. The Morgan fingerprint density at radius 2 is 0.742 bits per heavy atom. The van der Waals surface area contributed by atoms with Gasteiger partial charge in [0.15, 0.2) is 0 Å². The molecule has 0 saturated carbocycles. The predicted molar refractivity (Wildman–Crippen MR) is 273 cm³/mol. The summed E-state index contributed by atoms with van der Waals surface area (Å²) >= 11 is 0. The van der Waals surface area contributed by atoms with Crippen molar-refractivity contribution in [1.82, 2.24) is 0 Å². The third kappa shape index (κ3) is 5.01. The van der Waals surface area contributed by atoms with Crippen LogP contribution in [0.4, 0.5) is 17.1 Å². The molecular weight excluding hydrogens is 799 g/mol. The summed E-state index contributed by atoms with van der Waals surface area (Å²) in [5.74, 6) is 0. The number of para-hydroxylation sites is 1. The first-order chi connectivity index (χ1) is 32.5. The van der Waals surface area contributed by atoms with Crippen LogP contribution in [-0.2, 0) is 10.8 Å². The van der Waals surface area contributed by atoms with E-state index in [0.717, 1.165) is 39.0 Å². The molecule has 0 amide bonds. The zero-order valence-electron chi connectivity index (χ0n) is 36.7. The molecule has 10 aromatic carbocycles. The monoisotopic (exact) mass is 841 g/mol. The van der Waals surface area contributed by atoms with E-state index in [9.17, 15) is 0 Å². The van der Waals surface area contributed by atoms with Crippen molar-refractivity contribution in [3.63, 3.8) is 0 Å². The average molecular weight is 842 g/mol. The lowest BCUT2D eigenvalue weighted by Gasteiger charge is -2.35. The van der Waals surface area contributed by atoms with E-state index in [1.807, 2.05) is 6.07 Å². The van der Waals surface area contributed by atoms with Gasteiger partial charge >= 0.3 is 0 Å². The Bertz CT molecular complexity index is 3740. The second kappa shape index (κ2) is 13.7. The third-order valence-electron chi connectivity index (χ3n) is 15.1. The third-order valence-corrected chi connectivity index (χ3v) is 15.1. The Hall–Kier alpha value is -8.20. The summed E-state index contributed by atoms with van der Waals surface area (Å²) in [5.41, 5.74) is 25.0. The molecule has 0 fully saturated rings. The van der Waals surface area contributed by atoms with E-state index >= 15 is 0 Å². The molecule has 1 aromatic heterocycles. The summed E-state index contributed by atoms with van der Waals surface area (Å²) in [4.78, 5) is 2.39. The highest BCUT2D eigenvalue weighted by Crippen LogP contribution is 2.62. The van der Waals surface area contributed by atoms with Crippen LogP contribution in [0.2, 0.25) is 0 Å². The zero-order chi connectivity index (χ0) is 43.7. The van der Waals surface area contributed by atoms with Gasteiger partial charge in [0.2, 0.25) is 0 Å². The Kier molecular flexibility index (Phi) is 7.70. The fraction of sp³-hybridized carbons (Fsp3) is 0.0625. The number of anilines is 3. The normalized spacial score (nSPS) is 14.2. The second-order valence-electron chi connectivity index (χ2n) is 18.8. The van der Waals surface area contributed by atoms with Crippen molar-refractivity contribution < 1.29 is 4.42 Å². The van der Waals surface area contributed by atoms with Crippen molar-refractivity contribution in [2.45, 2.75) is 24.7 Å². The van der Waals surface area contributed by atoms with Crippen molar-refractivity contribution in [2.24, 2.45) is 0 Å². The SMILES string of the molecule is CC1(C)c2ccccc2-c2ccc(N(c3ccc(-c4ccc5c(c4)C4(c6ccccc6-c6ccccc6-c6ccccc64)c4ccccc4-5)cc3)c3ccc4c(c3)oc3ccccc34)cc21. The quantitative estimate of drug-likeness (QED) is 0.176. The first kappa shape index (κ1) is 37.2. The highest BCUT2D eigenvalue weighted by atomic mass is 16.3. The molecule has 11 aromatic rings. The van der Waals surface area contributed by atoms with Gasteiger partial charge in [-0.25, -0.2) is 0 Å². The molecule has 0 N–H and O–H groups in total. The van der Waals surface area contributed by atoms with E-state index in [4.69, 9.17) is 4.42 Å². The van der Waals surface area contributed by atoms with Crippen LogP contribution in [0.1, 0.15) is 47.2 Å². The smallest absolute Gasteiger partial charge is 0.137 e. The van der Waals surface area contributed by atoms with Crippen LogP contribution in [0.5, 0.6) is 0 Å². The molecule has 0 aliphatic heterocycles. The van der Waals surface area contributed by atoms with E-state index < -0.39 is 5.41 Å². The Morgan fingerprint density at radius 1 is 0.303 bits per heavy atom. The average Bonchev–Trinajstić information content (AvgIpc) is 3.94. The van der Waals surface area contributed by atoms with Crippen LogP contribution < -0.4 is 4.90 Å². The summed E-state index contributed by atoms with van der Waals surface area (Å²) in [7, 11) is 0. The minimum Gasteiger partial charge on any atom is -0.456 e. The molecule has 1 spiro atoms. The van der Waals surface area contributed by atoms with E-state index in [-0.39, 0.29) is 5.41 Å². The van der Waals surface area contributed by atoms with E-state index in [2.05, 4.69) is 237 Å². The molecule has 66 heavy (non-hydrogen) atoms. The lowest BCUT2D eigenvalue weighted by Crippen LogP contribution is -2.29. The van der Waals surface area contributed by atoms with Crippen LogP contribution in [0.25, 0.3) is 77.6 Å². The molecule has 3 aliphatic carbocycles. The number of hydrogen-bond acceptors (Lipinski definition) is 2. The van der Waals surface area contributed by atoms with Gasteiger partial charge < -0.3 is 9.32 Å². The maximum Gasteiger partial charge on any atom is 0.137 e. The van der Waals surface area contributed by atoms with Gasteiger partial charge in [0.25, 0.3) is 0 Å². The van der Waals surface area contributed by atoms with Crippen LogP contribution in [0.3, 0.4) is 0 Å². The number of benzene rings is 10. The largest absolute Gasteiger partial charge is 0.456 e. The molecule has 2 heteroatoms. The topological polar surface area (TPSA) is 16.4 Å². The van der Waals surface area contributed by atoms with Crippen LogP contribution in [0, 0.1) is 0 Å². The molecular formula is C64H43NO. The van der Waals surface area contributed by atoms with E-state index in [1.54, 1.807) is 0 Å². The van der Waals surface area contributed by atoms with E-state index in [1.165, 1.54) is 89.0 Å². The first-order valence-electron chi connectivity index (χ1n) is 23.1. The van der Waals surface area contributed by atoms with Crippen molar-refractivity contribution in [2.75, 3.05) is 4.90 Å². The molecule has 310 valence electrons. The minimum atomic E-state index is -0.527. The first-order valence-corrected chi connectivity index (χ1v) is 23.1. The summed E-state index contributed by atoms with van der Waals surface area (Å²) in [6, 6.07) is 83.5. The van der Waals surface area contributed by atoms with Crippen LogP contribution in [0.15, 0.2) is 229 Å². The number of furan rings is 1. The molecule has 0 bridgehead atoms. The highest BCUT2D eigenvalue weighted by molar-refractivity contribution is 6.06. The van der Waals surface area contributed by atoms with Crippen molar-refractivity contribution in [3.8, 4) is 55.6 Å². The van der Waals surface area contributed by atoms with Gasteiger partial charge in [-0.15, -0.1) is 0 Å². The van der Waals surface area contributed by atoms with Gasteiger partial charge in [0.1, 0.15) is 11.2 Å². The summed E-state index contributed by atoms with van der Waals surface area (Å²) in [5, 5.41) is 2.25. The van der Waals surface area contributed by atoms with Gasteiger partial charge in [-0.3, -0.25) is 0 Å². The molecule has 3 aliphatic rings. The summed E-state index contributed by atoms with van der Waals surface area (Å²) in [6.07, 6.45) is 0. The molecule has 0 unspecified atom stereocenters. The molecule has 0 saturated heterocycles. The van der Waals surface area contributed by atoms with Gasteiger partial charge in [0, 0.05) is 39.3 Å². The minimum absolute atomic E-state index is 0.133. The van der Waals surface area contributed by atoms with E-state index in [0.29, 0.717) is 0 Å². The predicted octanol–water partition coefficient (Wildman–Crippen LogP) is 17.0. The molecule has 14 rings (SSSR count). The Balaban J connectivity index is 0.938. The number of fused-ring (bicyclic) bond motifs is 18. The number of nitrogens with zero attached hydrogens (tertiary/aromatic N) is 1. The van der Waals surface area contributed by atoms with Gasteiger partial charge in [-0.05, 0) is 138 Å². The number of hydrogen-bond donors (Lipinski definition) is 0. The van der Waals surface area contributed by atoms with Crippen LogP contribution >= 0.6 is 0 Å². The van der Waals surface area contributed by atoms with Gasteiger partial charge in [0.05, 0.1) is 5.41 Å². The van der Waals surface area contributed by atoms with Crippen molar-refractivity contribution >= 4 is 39.0 Å². The maximum absolute atomic E-state index is 6.49. The lowest BCUT2D eigenvalue weighted by atomic mass is 9.65. The second-order valence-corrected chi connectivity index (χ2v) is 18.8. The maximum atomic E-state index is 6.49. The van der Waals surface area contributed by atoms with Crippen molar-refractivity contribution in [3.05, 3.63) is 258 Å². The zero-order valence-corrected chi connectivity index (χ0v) is 36.7. The molecule has 0 atom stereocenters. The van der Waals surface area contributed by atoms with Gasteiger partial charge in [-0.1, -0.05) is 184 Å². The molecule has 1 heterocycles. The Labute approximate surface area is 384 Å². The summed E-state index contributed by atoms with van der Waals surface area (Å²) in [6.45, 7) is 4.71. The number of rotatable bonds is 4. The fourth-order valence-corrected chi connectivity index (χ4v) is 12.2. The van der Waals surface area contributed by atoms with Crippen molar-refractivity contribution in [1.29, 1.82) is 0 Å². The fourth-order valence-electron chi connectivity index (χ4n) is 12.2. The van der Waals surface area contributed by atoms with Crippen LogP contribution in [-0.4, -0.2) is 0 Å². The molecule has 2 nitrogen and oxygen atoms in total. The highest BCUT2D eigenvalue weighted by Gasteiger charge is 2.49. The Morgan fingerprint density at radius 3 is 1.41 bits per heavy atom. The van der Waals surface area contributed by atoms with Gasteiger partial charge in [-0.2, -0.15) is 0 Å². The summed E-state index contributed by atoms with van der Waals surface area (Å²) < 4.78 is 6.49. The standard InChI is InChI=1S/C64H43NO/c1-63(2)55-22-10-5-19-49(55)51-35-32-43(38-59(51)63)65(44-33-36-54-53-21-9-14-26-61(53)66-62(54)39-44)42-30-27-40(28-31-42)41-29-34-52-50-20-8-13-25-58(50)64(60(52)37-41)56-23-11-6-17-47(56)45-15-3-4-16-46(45)48-18-7-12-24-57(48)64/h3-39H,1-2H3.